The first-order valence-electron chi connectivity index (χ1n) is 6.21. The van der Waals surface area contributed by atoms with Gasteiger partial charge in [0.1, 0.15) is 0 Å². The molecule has 0 bridgehead atoms. The van der Waals surface area contributed by atoms with Crippen molar-refractivity contribution in [2.45, 2.75) is 32.7 Å². The average molecular weight is 231 g/mol. The van der Waals surface area contributed by atoms with Crippen LogP contribution in [0.2, 0.25) is 0 Å². The molecule has 0 amide bonds. The summed E-state index contributed by atoms with van der Waals surface area (Å²) in [7, 11) is 0. The van der Waals surface area contributed by atoms with Gasteiger partial charge in [0.15, 0.2) is 0 Å². The number of hydrogen-bond acceptors (Lipinski definition) is 3. The number of para-hydroxylation sites is 1. The van der Waals surface area contributed by atoms with Gasteiger partial charge in [-0.2, -0.15) is 5.26 Å². The lowest BCUT2D eigenvalue weighted by atomic mass is 10.0. The fraction of sp³-hybridized carbons (Fsp3) is 0.500. The van der Waals surface area contributed by atoms with Crippen molar-refractivity contribution in [3.05, 3.63) is 29.8 Å². The second-order valence-corrected chi connectivity index (χ2v) is 4.06. The fourth-order valence-electron chi connectivity index (χ4n) is 1.94. The molecule has 0 radical (unpaired) electrons. The van der Waals surface area contributed by atoms with Gasteiger partial charge in [-0.1, -0.05) is 25.1 Å². The number of nitrogens with two attached hydrogens (primary N) is 1. The predicted octanol–water partition coefficient (Wildman–Crippen LogP) is 2.84. The maximum absolute atomic E-state index is 8.68. The minimum absolute atomic E-state index is 0.0716. The van der Waals surface area contributed by atoms with Crippen LogP contribution in [-0.2, 0) is 0 Å². The van der Waals surface area contributed by atoms with Gasteiger partial charge >= 0.3 is 0 Å². The molecular weight excluding hydrogens is 210 g/mol. The van der Waals surface area contributed by atoms with Gasteiger partial charge in [-0.05, 0) is 25.0 Å². The molecule has 0 aliphatic carbocycles. The molecule has 1 atom stereocenters. The highest BCUT2D eigenvalue weighted by Crippen LogP contribution is 2.26. The smallest absolute Gasteiger partial charge is 0.0640 e. The van der Waals surface area contributed by atoms with E-state index in [-0.39, 0.29) is 6.04 Å². The lowest BCUT2D eigenvalue weighted by molar-refractivity contribution is 0.690. The lowest BCUT2D eigenvalue weighted by Crippen LogP contribution is -2.26. The van der Waals surface area contributed by atoms with Crippen molar-refractivity contribution in [3.8, 4) is 6.07 Å². The van der Waals surface area contributed by atoms with E-state index in [1.54, 1.807) is 0 Å². The topological polar surface area (TPSA) is 53.0 Å². The number of nitrogens with zero attached hydrogens (tertiary/aromatic N) is 2. The molecule has 0 aromatic heterocycles. The van der Waals surface area contributed by atoms with Crippen LogP contribution in [0.25, 0.3) is 0 Å². The van der Waals surface area contributed by atoms with Crippen molar-refractivity contribution in [3.63, 3.8) is 0 Å². The maximum atomic E-state index is 8.68. The quantitative estimate of drug-likeness (QED) is 0.819. The van der Waals surface area contributed by atoms with Crippen LogP contribution in [0.4, 0.5) is 5.69 Å². The van der Waals surface area contributed by atoms with E-state index in [0.29, 0.717) is 6.42 Å². The number of hydrogen-bond donors (Lipinski definition) is 1. The molecule has 1 unspecified atom stereocenters. The summed E-state index contributed by atoms with van der Waals surface area (Å²) in [5.74, 6) is 0. The van der Waals surface area contributed by atoms with Crippen molar-refractivity contribution < 1.29 is 0 Å². The van der Waals surface area contributed by atoms with Crippen LogP contribution in [-0.4, -0.2) is 13.1 Å². The molecule has 0 spiro atoms. The SMILES string of the molecule is CCC(N)c1ccccc1N(CC)CCC#N. The molecular formula is C14H21N3. The molecule has 3 heteroatoms. The summed E-state index contributed by atoms with van der Waals surface area (Å²) in [6.45, 7) is 5.86. The Morgan fingerprint density at radius 1 is 1.35 bits per heavy atom. The van der Waals surface area contributed by atoms with Crippen LogP contribution in [0.15, 0.2) is 24.3 Å². The van der Waals surface area contributed by atoms with Crippen molar-refractivity contribution in [2.24, 2.45) is 5.73 Å². The van der Waals surface area contributed by atoms with Crippen LogP contribution in [0.3, 0.4) is 0 Å². The highest BCUT2D eigenvalue weighted by atomic mass is 15.1. The summed E-state index contributed by atoms with van der Waals surface area (Å²) >= 11 is 0. The third kappa shape index (κ3) is 3.47. The summed E-state index contributed by atoms with van der Waals surface area (Å²) in [4.78, 5) is 2.22. The molecule has 0 aliphatic heterocycles. The molecule has 0 fully saturated rings. The molecule has 17 heavy (non-hydrogen) atoms. The summed E-state index contributed by atoms with van der Waals surface area (Å²) < 4.78 is 0. The Hall–Kier alpha value is -1.53. The molecule has 0 saturated heterocycles. The number of nitriles is 1. The highest BCUT2D eigenvalue weighted by molar-refractivity contribution is 5.55. The third-order valence-corrected chi connectivity index (χ3v) is 2.99. The molecule has 1 aromatic rings. The molecule has 0 aliphatic rings. The van der Waals surface area contributed by atoms with E-state index in [1.807, 2.05) is 12.1 Å². The van der Waals surface area contributed by atoms with Gasteiger partial charge < -0.3 is 10.6 Å². The van der Waals surface area contributed by atoms with E-state index in [2.05, 4.69) is 36.9 Å². The van der Waals surface area contributed by atoms with Crippen LogP contribution >= 0.6 is 0 Å². The molecule has 2 N–H and O–H groups in total. The number of rotatable bonds is 6. The van der Waals surface area contributed by atoms with Crippen LogP contribution in [0, 0.1) is 11.3 Å². The largest absolute Gasteiger partial charge is 0.371 e. The van der Waals surface area contributed by atoms with Gasteiger partial charge in [-0.15, -0.1) is 0 Å². The summed E-state index contributed by atoms with van der Waals surface area (Å²) in [5, 5.41) is 8.68. The zero-order chi connectivity index (χ0) is 12.7. The van der Waals surface area contributed by atoms with E-state index in [1.165, 1.54) is 11.3 Å². The fourth-order valence-corrected chi connectivity index (χ4v) is 1.94. The van der Waals surface area contributed by atoms with Crippen LogP contribution in [0.1, 0.15) is 38.3 Å². The summed E-state index contributed by atoms with van der Waals surface area (Å²) in [6.07, 6.45) is 1.47. The van der Waals surface area contributed by atoms with Crippen LogP contribution < -0.4 is 10.6 Å². The molecule has 92 valence electrons. The van der Waals surface area contributed by atoms with E-state index in [0.717, 1.165) is 19.5 Å². The van der Waals surface area contributed by atoms with Gasteiger partial charge in [-0.25, -0.2) is 0 Å². The number of benzene rings is 1. The van der Waals surface area contributed by atoms with E-state index < -0.39 is 0 Å². The Balaban J connectivity index is 2.98. The average Bonchev–Trinajstić information content (AvgIpc) is 2.39. The van der Waals surface area contributed by atoms with Crippen molar-refractivity contribution in [2.75, 3.05) is 18.0 Å². The van der Waals surface area contributed by atoms with Gasteiger partial charge in [-0.3, -0.25) is 0 Å². The molecule has 0 heterocycles. The van der Waals surface area contributed by atoms with Crippen molar-refractivity contribution in [1.82, 2.24) is 0 Å². The number of anilines is 1. The first-order chi connectivity index (χ1) is 8.24. The second kappa shape index (κ2) is 6.93. The Kier molecular flexibility index (Phi) is 5.51. The zero-order valence-electron chi connectivity index (χ0n) is 10.7. The third-order valence-electron chi connectivity index (χ3n) is 2.99. The highest BCUT2D eigenvalue weighted by Gasteiger charge is 2.13. The standard InChI is InChI=1S/C14H21N3/c1-3-13(16)12-8-5-6-9-14(12)17(4-2)11-7-10-15/h5-6,8-9,13H,3-4,7,11,16H2,1-2H3. The molecule has 1 aromatic carbocycles. The van der Waals surface area contributed by atoms with Crippen LogP contribution in [0.5, 0.6) is 0 Å². The molecule has 1 rings (SSSR count). The maximum Gasteiger partial charge on any atom is 0.0640 e. The molecule has 0 saturated carbocycles. The lowest BCUT2D eigenvalue weighted by Gasteiger charge is -2.26. The van der Waals surface area contributed by atoms with E-state index >= 15 is 0 Å². The van der Waals surface area contributed by atoms with E-state index in [9.17, 15) is 0 Å². The van der Waals surface area contributed by atoms with Gasteiger partial charge in [0.2, 0.25) is 0 Å². The van der Waals surface area contributed by atoms with Gasteiger partial charge in [0.05, 0.1) is 12.5 Å². The minimum atomic E-state index is 0.0716. The first-order valence-corrected chi connectivity index (χ1v) is 6.21. The van der Waals surface area contributed by atoms with E-state index in [4.69, 9.17) is 11.0 Å². The summed E-state index contributed by atoms with van der Waals surface area (Å²) in [6, 6.07) is 10.5. The van der Waals surface area contributed by atoms with Crippen molar-refractivity contribution in [1.29, 1.82) is 5.26 Å². The van der Waals surface area contributed by atoms with Gasteiger partial charge in [0, 0.05) is 24.8 Å². The normalized spacial score (nSPS) is 11.9. The Labute approximate surface area is 104 Å². The Morgan fingerprint density at radius 3 is 2.65 bits per heavy atom. The first kappa shape index (κ1) is 13.5. The zero-order valence-corrected chi connectivity index (χ0v) is 10.7. The Morgan fingerprint density at radius 2 is 2.06 bits per heavy atom. The second-order valence-electron chi connectivity index (χ2n) is 4.06. The monoisotopic (exact) mass is 231 g/mol. The van der Waals surface area contributed by atoms with Crippen molar-refractivity contribution >= 4 is 5.69 Å². The molecule has 3 nitrogen and oxygen atoms in total. The predicted molar refractivity (Wildman–Crippen MR) is 71.8 cm³/mol. The summed E-state index contributed by atoms with van der Waals surface area (Å²) in [5.41, 5.74) is 8.47. The van der Waals surface area contributed by atoms with Gasteiger partial charge in [0.25, 0.3) is 0 Å². The minimum Gasteiger partial charge on any atom is -0.371 e. The Bertz CT molecular complexity index is 381.